The second kappa shape index (κ2) is 10.6. The Kier molecular flexibility index (Phi) is 8.45. The molecule has 2 aromatic rings. The highest BCUT2D eigenvalue weighted by Gasteiger charge is 2.27. The van der Waals surface area contributed by atoms with Gasteiger partial charge in [-0.25, -0.2) is 0 Å². The predicted molar refractivity (Wildman–Crippen MR) is 109 cm³/mol. The molecule has 0 bridgehead atoms. The second-order valence-electron chi connectivity index (χ2n) is 6.20. The molecule has 1 atom stereocenters. The SMILES string of the molecule is CCOC(=O)CC(Cc1cc(Br)c2[nH]nc(Cl)c2c1COC(C)=O)C(=O)OCC. The summed E-state index contributed by atoms with van der Waals surface area (Å²) in [5.41, 5.74) is 1.92. The molecule has 0 fully saturated rings. The van der Waals surface area contributed by atoms with Gasteiger partial charge in [0.2, 0.25) is 0 Å². The molecule has 0 spiro atoms. The molecule has 0 aliphatic carbocycles. The van der Waals surface area contributed by atoms with Crippen LogP contribution >= 0.6 is 27.5 Å². The maximum atomic E-state index is 12.5. The van der Waals surface area contributed by atoms with Crippen LogP contribution in [0.15, 0.2) is 10.5 Å². The molecule has 158 valence electrons. The molecule has 1 aromatic carbocycles. The van der Waals surface area contributed by atoms with E-state index in [1.165, 1.54) is 6.92 Å². The van der Waals surface area contributed by atoms with Gasteiger partial charge in [0.25, 0.3) is 0 Å². The first-order chi connectivity index (χ1) is 13.8. The van der Waals surface area contributed by atoms with E-state index in [1.54, 1.807) is 19.9 Å². The van der Waals surface area contributed by atoms with Gasteiger partial charge in [0.05, 0.1) is 31.1 Å². The third-order valence-corrected chi connectivity index (χ3v) is 5.07. The number of aromatic amines is 1. The van der Waals surface area contributed by atoms with Gasteiger partial charge in [0.1, 0.15) is 6.61 Å². The van der Waals surface area contributed by atoms with Crippen molar-refractivity contribution < 1.29 is 28.6 Å². The number of nitrogens with one attached hydrogen (secondary N) is 1. The van der Waals surface area contributed by atoms with Crippen LogP contribution in [0.3, 0.4) is 0 Å². The summed E-state index contributed by atoms with van der Waals surface area (Å²) in [7, 11) is 0. The largest absolute Gasteiger partial charge is 0.466 e. The quantitative estimate of drug-likeness (QED) is 0.422. The zero-order valence-electron chi connectivity index (χ0n) is 16.3. The van der Waals surface area contributed by atoms with Crippen LogP contribution in [0.25, 0.3) is 10.9 Å². The first kappa shape index (κ1) is 23.2. The molecular weight excluding hydrogens is 468 g/mol. The molecule has 0 saturated carbocycles. The minimum atomic E-state index is -0.764. The highest BCUT2D eigenvalue weighted by Crippen LogP contribution is 2.35. The van der Waals surface area contributed by atoms with Crippen molar-refractivity contribution in [3.05, 3.63) is 26.8 Å². The molecule has 29 heavy (non-hydrogen) atoms. The summed E-state index contributed by atoms with van der Waals surface area (Å²) < 4.78 is 16.0. The minimum absolute atomic E-state index is 0.0529. The molecule has 0 radical (unpaired) electrons. The Morgan fingerprint density at radius 3 is 2.52 bits per heavy atom. The van der Waals surface area contributed by atoms with Crippen molar-refractivity contribution in [2.45, 2.75) is 40.2 Å². The smallest absolute Gasteiger partial charge is 0.309 e. The van der Waals surface area contributed by atoms with E-state index in [0.29, 0.717) is 26.5 Å². The maximum Gasteiger partial charge on any atom is 0.309 e. The number of benzene rings is 1. The molecule has 0 aliphatic rings. The number of ether oxygens (including phenoxy) is 3. The van der Waals surface area contributed by atoms with Crippen LogP contribution < -0.4 is 0 Å². The Labute approximate surface area is 181 Å². The van der Waals surface area contributed by atoms with Crippen molar-refractivity contribution >= 4 is 56.3 Å². The third-order valence-electron chi connectivity index (χ3n) is 4.18. The van der Waals surface area contributed by atoms with E-state index in [4.69, 9.17) is 25.8 Å². The molecule has 1 aromatic heterocycles. The van der Waals surface area contributed by atoms with Crippen molar-refractivity contribution in [2.75, 3.05) is 13.2 Å². The number of H-pyrrole nitrogens is 1. The lowest BCUT2D eigenvalue weighted by Gasteiger charge is -2.18. The predicted octanol–water partition coefficient (Wildman–Crippen LogP) is 3.72. The van der Waals surface area contributed by atoms with Crippen molar-refractivity contribution in [2.24, 2.45) is 5.92 Å². The van der Waals surface area contributed by atoms with Gasteiger partial charge in [-0.15, -0.1) is 0 Å². The fourth-order valence-corrected chi connectivity index (χ4v) is 3.76. The lowest BCUT2D eigenvalue weighted by atomic mass is 9.92. The van der Waals surface area contributed by atoms with Gasteiger partial charge in [-0.2, -0.15) is 5.10 Å². The highest BCUT2D eigenvalue weighted by atomic mass is 79.9. The Bertz CT molecular complexity index is 914. The molecule has 0 saturated heterocycles. The van der Waals surface area contributed by atoms with E-state index in [9.17, 15) is 14.4 Å². The molecule has 1 unspecified atom stereocenters. The van der Waals surface area contributed by atoms with E-state index in [-0.39, 0.29) is 37.8 Å². The molecule has 8 nitrogen and oxygen atoms in total. The molecule has 1 N–H and O–H groups in total. The number of carbonyl (C=O) groups is 3. The normalized spacial score (nSPS) is 11.9. The molecule has 1 heterocycles. The van der Waals surface area contributed by atoms with Gasteiger partial charge < -0.3 is 14.2 Å². The standard InChI is InChI=1S/C19H22BrClN2O6/c1-4-27-15(25)8-12(19(26)28-5-2)6-11-7-14(20)17-16(18(21)23-22-17)13(11)9-29-10(3)24/h7,12H,4-6,8-9H2,1-3H3,(H,22,23). The Morgan fingerprint density at radius 2 is 1.90 bits per heavy atom. The molecule has 2 rings (SSSR count). The zero-order valence-corrected chi connectivity index (χ0v) is 18.7. The highest BCUT2D eigenvalue weighted by molar-refractivity contribution is 9.10. The van der Waals surface area contributed by atoms with Crippen LogP contribution in [-0.4, -0.2) is 41.3 Å². The minimum Gasteiger partial charge on any atom is -0.466 e. The number of hydrogen-bond acceptors (Lipinski definition) is 7. The van der Waals surface area contributed by atoms with Crippen molar-refractivity contribution in [1.82, 2.24) is 10.2 Å². The molecular formula is C19H22BrClN2O6. The van der Waals surface area contributed by atoms with E-state index in [2.05, 4.69) is 26.1 Å². The van der Waals surface area contributed by atoms with E-state index >= 15 is 0 Å². The molecule has 10 heteroatoms. The van der Waals surface area contributed by atoms with Crippen LogP contribution in [-0.2, 0) is 41.6 Å². The summed E-state index contributed by atoms with van der Waals surface area (Å²) in [6.07, 6.45) is 0.0404. The zero-order chi connectivity index (χ0) is 21.6. The molecule has 0 amide bonds. The number of carbonyl (C=O) groups excluding carboxylic acids is 3. The number of rotatable bonds is 9. The monoisotopic (exact) mass is 488 g/mol. The van der Waals surface area contributed by atoms with Crippen molar-refractivity contribution in [1.29, 1.82) is 0 Å². The summed E-state index contributed by atoms with van der Waals surface area (Å²) in [5, 5.41) is 7.62. The average molecular weight is 490 g/mol. The number of aromatic nitrogens is 2. The Hall–Kier alpha value is -2.13. The van der Waals surface area contributed by atoms with Crippen LogP contribution in [0.5, 0.6) is 0 Å². The number of halogens is 2. The van der Waals surface area contributed by atoms with Crippen LogP contribution in [0.2, 0.25) is 5.15 Å². The van der Waals surface area contributed by atoms with Crippen molar-refractivity contribution in [3.8, 4) is 0 Å². The Balaban J connectivity index is 2.48. The van der Waals surface area contributed by atoms with Crippen LogP contribution in [0.4, 0.5) is 0 Å². The average Bonchev–Trinajstić information content (AvgIpc) is 3.03. The second-order valence-corrected chi connectivity index (χ2v) is 7.42. The van der Waals surface area contributed by atoms with Gasteiger partial charge >= 0.3 is 17.9 Å². The summed E-state index contributed by atoms with van der Waals surface area (Å²) in [5.74, 6) is -2.22. The third kappa shape index (κ3) is 5.93. The lowest BCUT2D eigenvalue weighted by Crippen LogP contribution is -2.24. The summed E-state index contributed by atoms with van der Waals surface area (Å²) in [4.78, 5) is 35.8. The van der Waals surface area contributed by atoms with Crippen LogP contribution in [0, 0.1) is 5.92 Å². The summed E-state index contributed by atoms with van der Waals surface area (Å²) >= 11 is 9.71. The number of hydrogen-bond donors (Lipinski definition) is 1. The van der Waals surface area contributed by atoms with Gasteiger partial charge in [-0.3, -0.25) is 19.5 Å². The number of esters is 3. The Morgan fingerprint density at radius 1 is 1.21 bits per heavy atom. The fraction of sp³-hybridized carbons (Fsp3) is 0.474. The first-order valence-corrected chi connectivity index (χ1v) is 10.2. The van der Waals surface area contributed by atoms with Gasteiger partial charge in [-0.1, -0.05) is 11.6 Å². The maximum absolute atomic E-state index is 12.5. The van der Waals surface area contributed by atoms with E-state index in [0.717, 1.165) is 0 Å². The van der Waals surface area contributed by atoms with Crippen LogP contribution in [0.1, 0.15) is 38.3 Å². The van der Waals surface area contributed by atoms with Crippen molar-refractivity contribution in [3.63, 3.8) is 0 Å². The van der Waals surface area contributed by atoms with E-state index < -0.39 is 23.8 Å². The number of nitrogens with zero attached hydrogens (tertiary/aromatic N) is 1. The van der Waals surface area contributed by atoms with Gasteiger partial charge in [-0.05, 0) is 47.8 Å². The first-order valence-electron chi connectivity index (χ1n) is 9.07. The van der Waals surface area contributed by atoms with Gasteiger partial charge in [0, 0.05) is 22.3 Å². The fourth-order valence-electron chi connectivity index (χ4n) is 2.95. The van der Waals surface area contributed by atoms with E-state index in [1.807, 2.05) is 0 Å². The lowest BCUT2D eigenvalue weighted by molar-refractivity contribution is -0.154. The summed E-state index contributed by atoms with van der Waals surface area (Å²) in [6, 6.07) is 1.78. The number of fused-ring (bicyclic) bond motifs is 1. The summed E-state index contributed by atoms with van der Waals surface area (Å²) in [6.45, 7) is 5.04. The topological polar surface area (TPSA) is 108 Å². The van der Waals surface area contributed by atoms with Gasteiger partial charge in [0.15, 0.2) is 5.15 Å². The molecule has 0 aliphatic heterocycles.